The molecule has 2 aromatic carbocycles. The van der Waals surface area contributed by atoms with E-state index in [4.69, 9.17) is 10.2 Å². The largest absolute Gasteiger partial charge is 0.431 e. The molecule has 0 aliphatic carbocycles. The van der Waals surface area contributed by atoms with Crippen LogP contribution >= 0.6 is 11.8 Å². The lowest BCUT2D eigenvalue weighted by Gasteiger charge is -1.99. The number of anilines is 1. The number of hydrogen-bond acceptors (Lipinski definition) is 4. The predicted molar refractivity (Wildman–Crippen MR) is 74.3 cm³/mol. The van der Waals surface area contributed by atoms with E-state index in [-0.39, 0.29) is 0 Å². The molecule has 0 spiro atoms. The Morgan fingerprint density at radius 3 is 2.60 bits per heavy atom. The monoisotopic (exact) mass is 292 g/mol. The number of benzene rings is 2. The minimum absolute atomic E-state index is 0.372. The van der Waals surface area contributed by atoms with E-state index < -0.39 is 11.6 Å². The molecule has 6 heteroatoms. The molecule has 2 N–H and O–H groups in total. The molecule has 0 atom stereocenters. The third-order valence-electron chi connectivity index (χ3n) is 2.68. The Bertz CT molecular complexity index is 753. The summed E-state index contributed by atoms with van der Waals surface area (Å²) in [6.45, 7) is 0. The van der Waals surface area contributed by atoms with Gasteiger partial charge in [-0.1, -0.05) is 11.8 Å². The van der Waals surface area contributed by atoms with Crippen LogP contribution in [0.15, 0.2) is 46.0 Å². The van der Waals surface area contributed by atoms with Crippen molar-refractivity contribution in [2.75, 3.05) is 5.73 Å². The first-order chi connectivity index (χ1) is 9.60. The summed E-state index contributed by atoms with van der Waals surface area (Å²) in [6, 6.07) is 8.61. The molecule has 3 aromatic rings. The van der Waals surface area contributed by atoms with Crippen molar-refractivity contribution in [1.29, 1.82) is 0 Å². The van der Waals surface area contributed by atoms with Crippen LogP contribution in [0.25, 0.3) is 11.1 Å². The van der Waals surface area contributed by atoms with Gasteiger partial charge in [0.2, 0.25) is 0 Å². The van der Waals surface area contributed by atoms with Crippen LogP contribution in [0.3, 0.4) is 0 Å². The summed E-state index contributed by atoms with van der Waals surface area (Å²) in [5.41, 5.74) is 8.08. The summed E-state index contributed by atoms with van der Waals surface area (Å²) >= 11 is 1.27. The zero-order valence-electron chi connectivity index (χ0n) is 10.3. The first kappa shape index (κ1) is 12.9. The number of nitrogen functional groups attached to an aromatic ring is 1. The Hall–Kier alpha value is -2.08. The van der Waals surface area contributed by atoms with Crippen LogP contribution in [-0.2, 0) is 5.75 Å². The zero-order valence-corrected chi connectivity index (χ0v) is 11.1. The van der Waals surface area contributed by atoms with E-state index in [1.165, 1.54) is 23.9 Å². The van der Waals surface area contributed by atoms with E-state index in [0.29, 0.717) is 33.3 Å². The molecule has 3 nitrogen and oxygen atoms in total. The Labute approximate surface area is 117 Å². The second-order valence-electron chi connectivity index (χ2n) is 4.27. The molecule has 0 aliphatic heterocycles. The maximum atomic E-state index is 13.1. The van der Waals surface area contributed by atoms with Gasteiger partial charge < -0.3 is 10.2 Å². The van der Waals surface area contributed by atoms with Crippen molar-refractivity contribution in [2.45, 2.75) is 11.0 Å². The number of fused-ring (bicyclic) bond motifs is 1. The van der Waals surface area contributed by atoms with Gasteiger partial charge in [0.15, 0.2) is 5.58 Å². The second-order valence-corrected chi connectivity index (χ2v) is 5.20. The molecule has 0 fully saturated rings. The minimum Gasteiger partial charge on any atom is -0.431 e. The van der Waals surface area contributed by atoms with Crippen LogP contribution in [0.4, 0.5) is 14.5 Å². The fourth-order valence-corrected chi connectivity index (χ4v) is 2.59. The highest BCUT2D eigenvalue weighted by Crippen LogP contribution is 2.27. The van der Waals surface area contributed by atoms with E-state index in [2.05, 4.69) is 4.98 Å². The van der Waals surface area contributed by atoms with Gasteiger partial charge in [0.25, 0.3) is 5.22 Å². The van der Waals surface area contributed by atoms with Crippen molar-refractivity contribution >= 4 is 28.5 Å². The average Bonchev–Trinajstić information content (AvgIpc) is 2.77. The maximum absolute atomic E-state index is 13.1. The fraction of sp³-hybridized carbons (Fsp3) is 0.0714. The summed E-state index contributed by atoms with van der Waals surface area (Å²) in [4.78, 5) is 4.27. The molecule has 0 aliphatic rings. The van der Waals surface area contributed by atoms with Crippen molar-refractivity contribution in [3.05, 3.63) is 53.6 Å². The quantitative estimate of drug-likeness (QED) is 0.586. The van der Waals surface area contributed by atoms with Crippen LogP contribution in [0.1, 0.15) is 5.56 Å². The highest BCUT2D eigenvalue weighted by molar-refractivity contribution is 7.98. The smallest absolute Gasteiger partial charge is 0.257 e. The molecule has 0 radical (unpaired) electrons. The van der Waals surface area contributed by atoms with Crippen molar-refractivity contribution in [3.63, 3.8) is 0 Å². The minimum atomic E-state index is -0.592. The third-order valence-corrected chi connectivity index (χ3v) is 3.58. The normalized spacial score (nSPS) is 11.1. The van der Waals surface area contributed by atoms with Crippen molar-refractivity contribution < 1.29 is 13.2 Å². The third kappa shape index (κ3) is 2.75. The molecular weight excluding hydrogens is 282 g/mol. The average molecular weight is 292 g/mol. The van der Waals surface area contributed by atoms with Gasteiger partial charge in [-0.2, -0.15) is 0 Å². The number of halogens is 2. The lowest BCUT2D eigenvalue weighted by Crippen LogP contribution is -1.86. The Morgan fingerprint density at radius 1 is 1.10 bits per heavy atom. The summed E-state index contributed by atoms with van der Waals surface area (Å²) in [7, 11) is 0. The molecule has 0 bridgehead atoms. The SMILES string of the molecule is Nc1ccc2nc(SCc3cc(F)cc(F)c3)oc2c1. The van der Waals surface area contributed by atoms with Crippen LogP contribution < -0.4 is 5.73 Å². The van der Waals surface area contributed by atoms with Crippen molar-refractivity contribution in [1.82, 2.24) is 4.98 Å². The molecule has 3 rings (SSSR count). The van der Waals surface area contributed by atoms with E-state index in [0.717, 1.165) is 6.07 Å². The van der Waals surface area contributed by atoms with Crippen molar-refractivity contribution in [3.8, 4) is 0 Å². The summed E-state index contributed by atoms with van der Waals surface area (Å²) in [6.07, 6.45) is 0. The van der Waals surface area contributed by atoms with Gasteiger partial charge in [-0.05, 0) is 29.8 Å². The van der Waals surface area contributed by atoms with Crippen LogP contribution in [0.2, 0.25) is 0 Å². The molecule has 1 aromatic heterocycles. The molecule has 20 heavy (non-hydrogen) atoms. The Balaban J connectivity index is 1.79. The van der Waals surface area contributed by atoms with Crippen molar-refractivity contribution in [2.24, 2.45) is 0 Å². The number of aromatic nitrogens is 1. The topological polar surface area (TPSA) is 52.0 Å². The lowest BCUT2D eigenvalue weighted by atomic mass is 10.2. The summed E-state index contributed by atoms with van der Waals surface area (Å²) < 4.78 is 31.6. The molecule has 0 amide bonds. The number of nitrogens with two attached hydrogens (primary N) is 1. The Kier molecular flexibility index (Phi) is 3.31. The predicted octanol–water partition coefficient (Wildman–Crippen LogP) is 3.98. The van der Waals surface area contributed by atoms with Gasteiger partial charge in [0, 0.05) is 23.6 Å². The Morgan fingerprint density at radius 2 is 1.85 bits per heavy atom. The molecule has 1 heterocycles. The van der Waals surface area contributed by atoms with E-state index in [9.17, 15) is 8.78 Å². The number of hydrogen-bond donors (Lipinski definition) is 1. The summed E-state index contributed by atoms with van der Waals surface area (Å²) in [5, 5.41) is 0.440. The zero-order chi connectivity index (χ0) is 14.1. The number of oxazole rings is 1. The number of rotatable bonds is 3. The van der Waals surface area contributed by atoms with Crippen LogP contribution in [0, 0.1) is 11.6 Å². The summed E-state index contributed by atoms with van der Waals surface area (Å²) in [5.74, 6) is -0.811. The van der Waals surface area contributed by atoms with Gasteiger partial charge in [-0.3, -0.25) is 0 Å². The molecule has 0 unspecified atom stereocenters. The fourth-order valence-electron chi connectivity index (χ4n) is 1.82. The molecular formula is C14H10F2N2OS. The number of nitrogens with zero attached hydrogens (tertiary/aromatic N) is 1. The lowest BCUT2D eigenvalue weighted by molar-refractivity contribution is 0.489. The van der Waals surface area contributed by atoms with E-state index >= 15 is 0 Å². The molecule has 102 valence electrons. The van der Waals surface area contributed by atoms with Crippen LogP contribution in [0.5, 0.6) is 0 Å². The van der Waals surface area contributed by atoms with Gasteiger partial charge in [-0.15, -0.1) is 0 Å². The highest BCUT2D eigenvalue weighted by Gasteiger charge is 2.08. The molecule has 0 saturated heterocycles. The first-order valence-electron chi connectivity index (χ1n) is 5.84. The van der Waals surface area contributed by atoms with E-state index in [1.807, 2.05) is 0 Å². The molecule has 0 saturated carbocycles. The van der Waals surface area contributed by atoms with Gasteiger partial charge >= 0.3 is 0 Å². The van der Waals surface area contributed by atoms with E-state index in [1.54, 1.807) is 18.2 Å². The van der Waals surface area contributed by atoms with Crippen LogP contribution in [-0.4, -0.2) is 4.98 Å². The number of thioether (sulfide) groups is 1. The highest BCUT2D eigenvalue weighted by atomic mass is 32.2. The standard InChI is InChI=1S/C14H10F2N2OS/c15-9-3-8(4-10(16)5-9)7-20-14-18-12-2-1-11(17)6-13(12)19-14/h1-6H,7,17H2. The second kappa shape index (κ2) is 5.13. The van der Waals surface area contributed by atoms with Gasteiger partial charge in [0.1, 0.15) is 17.2 Å². The maximum Gasteiger partial charge on any atom is 0.257 e. The van der Waals surface area contributed by atoms with Gasteiger partial charge in [0.05, 0.1) is 0 Å². The first-order valence-corrected chi connectivity index (χ1v) is 6.82. The van der Waals surface area contributed by atoms with Gasteiger partial charge in [-0.25, -0.2) is 13.8 Å².